The lowest BCUT2D eigenvalue weighted by atomic mass is 10.1. The van der Waals surface area contributed by atoms with Crippen molar-refractivity contribution in [2.45, 2.75) is 6.92 Å². The molecule has 110 valence electrons. The molecule has 2 aromatic rings. The summed E-state index contributed by atoms with van der Waals surface area (Å²) in [6.07, 6.45) is 0. The standard InChI is InChI=1S/C15H14F2N2O2/c1-2-21-15(20)11-7-9(4-6-14(11)18)19-10-3-5-12(16)13(17)8-10/h3-8,19H,2,18H2,1H3. The normalized spacial score (nSPS) is 10.2. The molecule has 0 aliphatic rings. The number of esters is 1. The Morgan fingerprint density at radius 1 is 1.14 bits per heavy atom. The van der Waals surface area contributed by atoms with E-state index in [1.165, 1.54) is 18.2 Å². The Labute approximate surface area is 120 Å². The molecule has 0 heterocycles. The van der Waals surface area contributed by atoms with Gasteiger partial charge in [0.05, 0.1) is 12.2 Å². The summed E-state index contributed by atoms with van der Waals surface area (Å²) in [5, 5.41) is 2.87. The van der Waals surface area contributed by atoms with Crippen molar-refractivity contribution in [3.63, 3.8) is 0 Å². The molecule has 3 N–H and O–H groups in total. The van der Waals surface area contributed by atoms with Gasteiger partial charge in [0.1, 0.15) is 0 Å². The zero-order chi connectivity index (χ0) is 15.4. The number of rotatable bonds is 4. The van der Waals surface area contributed by atoms with Gasteiger partial charge in [0.2, 0.25) is 0 Å². The minimum absolute atomic E-state index is 0.212. The van der Waals surface area contributed by atoms with E-state index in [0.29, 0.717) is 11.4 Å². The Kier molecular flexibility index (Phi) is 4.37. The van der Waals surface area contributed by atoms with Crippen LogP contribution in [0.25, 0.3) is 0 Å². The summed E-state index contributed by atoms with van der Waals surface area (Å²) >= 11 is 0. The van der Waals surface area contributed by atoms with Gasteiger partial charge in [0.15, 0.2) is 11.6 Å². The lowest BCUT2D eigenvalue weighted by molar-refractivity contribution is 0.0527. The lowest BCUT2D eigenvalue weighted by Crippen LogP contribution is -2.08. The van der Waals surface area contributed by atoms with Gasteiger partial charge in [-0.25, -0.2) is 13.6 Å². The van der Waals surface area contributed by atoms with Gasteiger partial charge < -0.3 is 15.8 Å². The first-order chi connectivity index (χ1) is 10.0. The van der Waals surface area contributed by atoms with Gasteiger partial charge in [-0.15, -0.1) is 0 Å². The van der Waals surface area contributed by atoms with Crippen molar-refractivity contribution in [2.75, 3.05) is 17.7 Å². The van der Waals surface area contributed by atoms with E-state index in [4.69, 9.17) is 10.5 Å². The number of carbonyl (C=O) groups excluding carboxylic acids is 1. The van der Waals surface area contributed by atoms with Crippen molar-refractivity contribution in [2.24, 2.45) is 0 Å². The zero-order valence-corrected chi connectivity index (χ0v) is 11.3. The molecule has 0 bridgehead atoms. The van der Waals surface area contributed by atoms with Gasteiger partial charge >= 0.3 is 5.97 Å². The third kappa shape index (κ3) is 3.47. The van der Waals surface area contributed by atoms with Crippen molar-refractivity contribution in [3.05, 3.63) is 53.6 Å². The summed E-state index contributed by atoms with van der Waals surface area (Å²) in [5.74, 6) is -2.42. The molecule has 2 aromatic carbocycles. The van der Waals surface area contributed by atoms with Crippen LogP contribution in [0.15, 0.2) is 36.4 Å². The Balaban J connectivity index is 2.26. The largest absolute Gasteiger partial charge is 0.462 e. The van der Waals surface area contributed by atoms with Crippen LogP contribution in [0, 0.1) is 11.6 Å². The van der Waals surface area contributed by atoms with E-state index in [9.17, 15) is 13.6 Å². The van der Waals surface area contributed by atoms with Crippen LogP contribution in [-0.2, 0) is 4.74 Å². The van der Waals surface area contributed by atoms with Gasteiger partial charge in [-0.1, -0.05) is 0 Å². The molecule has 0 spiro atoms. The maximum atomic E-state index is 13.1. The van der Waals surface area contributed by atoms with E-state index in [1.807, 2.05) is 0 Å². The summed E-state index contributed by atoms with van der Waals surface area (Å²) in [6.45, 7) is 1.93. The van der Waals surface area contributed by atoms with Crippen molar-refractivity contribution >= 4 is 23.0 Å². The van der Waals surface area contributed by atoms with E-state index in [1.54, 1.807) is 13.0 Å². The summed E-state index contributed by atoms with van der Waals surface area (Å²) in [6, 6.07) is 8.08. The molecule has 21 heavy (non-hydrogen) atoms. The fourth-order valence-electron chi connectivity index (χ4n) is 1.76. The SMILES string of the molecule is CCOC(=O)c1cc(Nc2ccc(F)c(F)c2)ccc1N. The fourth-order valence-corrected chi connectivity index (χ4v) is 1.76. The van der Waals surface area contributed by atoms with Crippen molar-refractivity contribution in [3.8, 4) is 0 Å². The molecule has 0 amide bonds. The summed E-state index contributed by atoms with van der Waals surface area (Å²) in [5.41, 5.74) is 7.08. The highest BCUT2D eigenvalue weighted by Crippen LogP contribution is 2.23. The second-order valence-electron chi connectivity index (χ2n) is 4.28. The number of hydrogen-bond acceptors (Lipinski definition) is 4. The molecule has 0 aliphatic heterocycles. The number of halogens is 2. The maximum Gasteiger partial charge on any atom is 0.340 e. The van der Waals surface area contributed by atoms with Gasteiger partial charge in [-0.05, 0) is 37.3 Å². The van der Waals surface area contributed by atoms with Gasteiger partial charge in [-0.3, -0.25) is 0 Å². The van der Waals surface area contributed by atoms with Crippen LogP contribution in [0.2, 0.25) is 0 Å². The number of nitrogens with one attached hydrogen (secondary N) is 1. The van der Waals surface area contributed by atoms with Crippen LogP contribution in [0.4, 0.5) is 25.8 Å². The quantitative estimate of drug-likeness (QED) is 0.669. The molecule has 6 heteroatoms. The van der Waals surface area contributed by atoms with Gasteiger partial charge in [-0.2, -0.15) is 0 Å². The van der Waals surface area contributed by atoms with Crippen LogP contribution >= 0.6 is 0 Å². The Morgan fingerprint density at radius 2 is 1.81 bits per heavy atom. The Hall–Kier alpha value is -2.63. The van der Waals surface area contributed by atoms with E-state index in [0.717, 1.165) is 12.1 Å². The second kappa shape index (κ2) is 6.21. The second-order valence-corrected chi connectivity index (χ2v) is 4.28. The highest BCUT2D eigenvalue weighted by atomic mass is 19.2. The fraction of sp³-hybridized carbons (Fsp3) is 0.133. The third-order valence-corrected chi connectivity index (χ3v) is 2.76. The molecule has 0 saturated carbocycles. The monoisotopic (exact) mass is 292 g/mol. The highest BCUT2D eigenvalue weighted by Gasteiger charge is 2.12. The summed E-state index contributed by atoms with van der Waals surface area (Å²) < 4.78 is 30.9. The number of anilines is 3. The van der Waals surface area contributed by atoms with E-state index >= 15 is 0 Å². The van der Waals surface area contributed by atoms with Crippen molar-refractivity contribution < 1.29 is 18.3 Å². The summed E-state index contributed by atoms with van der Waals surface area (Å²) in [7, 11) is 0. The van der Waals surface area contributed by atoms with Crippen LogP contribution in [0.5, 0.6) is 0 Å². The van der Waals surface area contributed by atoms with Crippen LogP contribution in [0.1, 0.15) is 17.3 Å². The predicted molar refractivity (Wildman–Crippen MR) is 76.5 cm³/mol. The van der Waals surface area contributed by atoms with Crippen LogP contribution in [0.3, 0.4) is 0 Å². The smallest absolute Gasteiger partial charge is 0.340 e. The number of hydrogen-bond donors (Lipinski definition) is 2. The molecule has 0 radical (unpaired) electrons. The molecule has 0 aliphatic carbocycles. The Bertz CT molecular complexity index is 675. The molecular weight excluding hydrogens is 278 g/mol. The molecule has 0 aromatic heterocycles. The minimum atomic E-state index is -0.957. The molecular formula is C15H14F2N2O2. The number of carbonyl (C=O) groups is 1. The van der Waals surface area contributed by atoms with Crippen molar-refractivity contribution in [1.29, 1.82) is 0 Å². The maximum absolute atomic E-state index is 13.1. The minimum Gasteiger partial charge on any atom is -0.462 e. The summed E-state index contributed by atoms with van der Waals surface area (Å²) in [4.78, 5) is 11.7. The third-order valence-electron chi connectivity index (χ3n) is 2.76. The van der Waals surface area contributed by atoms with E-state index in [2.05, 4.69) is 5.32 Å². The molecule has 4 nitrogen and oxygen atoms in total. The molecule has 2 rings (SSSR count). The first-order valence-electron chi connectivity index (χ1n) is 6.30. The number of nitrogens with two attached hydrogens (primary N) is 1. The molecule has 0 fully saturated rings. The molecule has 0 unspecified atom stereocenters. The number of ether oxygens (including phenoxy) is 1. The van der Waals surface area contributed by atoms with Crippen LogP contribution < -0.4 is 11.1 Å². The zero-order valence-electron chi connectivity index (χ0n) is 11.3. The van der Waals surface area contributed by atoms with E-state index in [-0.39, 0.29) is 17.9 Å². The van der Waals surface area contributed by atoms with Crippen LogP contribution in [-0.4, -0.2) is 12.6 Å². The Morgan fingerprint density at radius 3 is 2.48 bits per heavy atom. The first-order valence-corrected chi connectivity index (χ1v) is 6.30. The average Bonchev–Trinajstić information content (AvgIpc) is 2.45. The average molecular weight is 292 g/mol. The first kappa shape index (κ1) is 14.8. The van der Waals surface area contributed by atoms with Gasteiger partial charge in [0.25, 0.3) is 0 Å². The number of nitrogen functional groups attached to an aromatic ring is 1. The molecule has 0 atom stereocenters. The topological polar surface area (TPSA) is 64.3 Å². The van der Waals surface area contributed by atoms with E-state index < -0.39 is 17.6 Å². The highest BCUT2D eigenvalue weighted by molar-refractivity contribution is 5.96. The van der Waals surface area contributed by atoms with Gasteiger partial charge in [0, 0.05) is 23.1 Å². The number of benzene rings is 2. The predicted octanol–water partition coefficient (Wildman–Crippen LogP) is 3.47. The van der Waals surface area contributed by atoms with Crippen molar-refractivity contribution in [1.82, 2.24) is 0 Å². The lowest BCUT2D eigenvalue weighted by Gasteiger charge is -2.10. The molecule has 0 saturated heterocycles.